The van der Waals surface area contributed by atoms with E-state index >= 15 is 0 Å². The van der Waals surface area contributed by atoms with E-state index in [0.29, 0.717) is 5.56 Å². The van der Waals surface area contributed by atoms with Gasteiger partial charge in [-0.1, -0.05) is 12.1 Å². The van der Waals surface area contributed by atoms with Crippen molar-refractivity contribution in [1.82, 2.24) is 14.8 Å². The van der Waals surface area contributed by atoms with Gasteiger partial charge in [0.2, 0.25) is 0 Å². The van der Waals surface area contributed by atoms with E-state index < -0.39 is 21.7 Å². The van der Waals surface area contributed by atoms with Crippen LogP contribution in [0, 0.1) is 0 Å². The molecule has 0 aliphatic heterocycles. The zero-order valence-corrected chi connectivity index (χ0v) is 16.1. The van der Waals surface area contributed by atoms with Crippen molar-refractivity contribution in [2.45, 2.75) is 11.1 Å². The van der Waals surface area contributed by atoms with E-state index in [9.17, 15) is 21.6 Å². The number of sulfone groups is 1. The number of halogens is 3. The zero-order chi connectivity index (χ0) is 20.7. The number of rotatable bonds is 4. The van der Waals surface area contributed by atoms with E-state index in [-0.39, 0.29) is 16.4 Å². The number of hydrogen-bond donors (Lipinski definition) is 0. The molecule has 0 saturated carbocycles. The molecular weight excluding hydrogens is 393 g/mol. The Morgan fingerprint density at radius 1 is 1.04 bits per heavy atom. The van der Waals surface area contributed by atoms with Crippen molar-refractivity contribution in [3.63, 3.8) is 0 Å². The highest BCUT2D eigenvalue weighted by atomic mass is 32.2. The van der Waals surface area contributed by atoms with Gasteiger partial charge < -0.3 is 4.90 Å². The van der Waals surface area contributed by atoms with Crippen LogP contribution in [0.15, 0.2) is 53.6 Å². The van der Waals surface area contributed by atoms with Gasteiger partial charge in [0.25, 0.3) is 0 Å². The van der Waals surface area contributed by atoms with Crippen LogP contribution >= 0.6 is 0 Å². The van der Waals surface area contributed by atoms with E-state index in [2.05, 4.69) is 10.1 Å². The molecule has 0 fully saturated rings. The van der Waals surface area contributed by atoms with Crippen LogP contribution in [0.5, 0.6) is 0 Å². The molecule has 0 saturated heterocycles. The smallest absolute Gasteiger partial charge is 0.378 e. The molecule has 0 amide bonds. The third-order valence-corrected chi connectivity index (χ3v) is 5.14. The monoisotopic (exact) mass is 410 g/mol. The Morgan fingerprint density at radius 3 is 2.14 bits per heavy atom. The molecule has 148 valence electrons. The summed E-state index contributed by atoms with van der Waals surface area (Å²) in [6, 6.07) is 10.5. The highest BCUT2D eigenvalue weighted by molar-refractivity contribution is 7.90. The van der Waals surface area contributed by atoms with Crippen molar-refractivity contribution in [2.24, 2.45) is 0 Å². The van der Waals surface area contributed by atoms with Crippen LogP contribution < -0.4 is 4.90 Å². The van der Waals surface area contributed by atoms with Gasteiger partial charge >= 0.3 is 6.18 Å². The summed E-state index contributed by atoms with van der Waals surface area (Å²) in [7, 11) is 0.239. The zero-order valence-electron chi connectivity index (χ0n) is 15.3. The molecule has 0 aliphatic rings. The van der Waals surface area contributed by atoms with Gasteiger partial charge in [-0.3, -0.25) is 0 Å². The Balaban J connectivity index is 2.13. The molecule has 3 aromatic rings. The second-order valence-corrected chi connectivity index (χ2v) is 8.41. The fourth-order valence-electron chi connectivity index (χ4n) is 2.55. The molecule has 2 aromatic heterocycles. The first-order chi connectivity index (χ1) is 13.0. The minimum atomic E-state index is -4.63. The quantitative estimate of drug-likeness (QED) is 0.659. The summed E-state index contributed by atoms with van der Waals surface area (Å²) in [4.78, 5) is 5.83. The van der Waals surface area contributed by atoms with Crippen LogP contribution in [-0.4, -0.2) is 43.5 Å². The van der Waals surface area contributed by atoms with Crippen molar-refractivity contribution in [3.05, 3.63) is 54.4 Å². The topological polar surface area (TPSA) is 68.1 Å². The molecule has 0 N–H and O–H groups in total. The molecule has 10 heteroatoms. The largest absolute Gasteiger partial charge is 0.435 e. The first-order valence-corrected chi connectivity index (χ1v) is 9.97. The van der Waals surface area contributed by atoms with Gasteiger partial charge in [0.15, 0.2) is 21.3 Å². The molecule has 1 aromatic carbocycles. The predicted octanol–water partition coefficient (Wildman–Crippen LogP) is 3.42. The lowest BCUT2D eigenvalue weighted by Crippen LogP contribution is -2.09. The number of anilines is 1. The van der Waals surface area contributed by atoms with Crippen molar-refractivity contribution >= 4 is 15.5 Å². The maximum Gasteiger partial charge on any atom is 0.435 e. The molecule has 2 heterocycles. The lowest BCUT2D eigenvalue weighted by atomic mass is 10.1. The summed E-state index contributed by atoms with van der Waals surface area (Å²) in [6.07, 6.45) is -2.51. The lowest BCUT2D eigenvalue weighted by molar-refractivity contribution is -0.141. The first-order valence-electron chi connectivity index (χ1n) is 8.08. The van der Waals surface area contributed by atoms with Crippen LogP contribution in [0.2, 0.25) is 0 Å². The van der Waals surface area contributed by atoms with Crippen LogP contribution in [0.4, 0.5) is 18.9 Å². The van der Waals surface area contributed by atoms with E-state index in [1.165, 1.54) is 12.1 Å². The first kappa shape index (κ1) is 19.9. The molecule has 0 aliphatic carbocycles. The summed E-state index contributed by atoms with van der Waals surface area (Å²) >= 11 is 0. The minimum absolute atomic E-state index is 0.0312. The van der Waals surface area contributed by atoms with Crippen LogP contribution in [0.3, 0.4) is 0 Å². The molecule has 0 spiro atoms. The molecular formula is C18H17F3N4O2S. The van der Waals surface area contributed by atoms with Crippen LogP contribution in [-0.2, 0) is 16.0 Å². The molecule has 0 radical (unpaired) electrons. The molecule has 28 heavy (non-hydrogen) atoms. The Kier molecular flexibility index (Phi) is 4.92. The van der Waals surface area contributed by atoms with E-state index in [1.807, 2.05) is 19.0 Å². The van der Waals surface area contributed by atoms with Gasteiger partial charge in [0, 0.05) is 37.8 Å². The van der Waals surface area contributed by atoms with E-state index in [4.69, 9.17) is 0 Å². The summed E-state index contributed by atoms with van der Waals surface area (Å²) < 4.78 is 63.9. The number of pyridine rings is 1. The van der Waals surface area contributed by atoms with E-state index in [1.54, 1.807) is 24.3 Å². The SMILES string of the molecule is CN(C)c1ccc(-c2cc(C(F)(F)F)nn2-c2ccc(S(C)(=O)=O)cn2)cc1. The Morgan fingerprint density at radius 2 is 1.68 bits per heavy atom. The second-order valence-electron chi connectivity index (χ2n) is 6.39. The third kappa shape index (κ3) is 4.01. The van der Waals surface area contributed by atoms with E-state index in [0.717, 1.165) is 28.9 Å². The van der Waals surface area contributed by atoms with Gasteiger partial charge in [0.1, 0.15) is 0 Å². The fraction of sp³-hybridized carbons (Fsp3) is 0.222. The average Bonchev–Trinajstić information content (AvgIpc) is 3.07. The number of benzene rings is 1. The number of hydrogen-bond acceptors (Lipinski definition) is 5. The highest BCUT2D eigenvalue weighted by Gasteiger charge is 2.35. The van der Waals surface area contributed by atoms with Crippen LogP contribution in [0.1, 0.15) is 5.69 Å². The van der Waals surface area contributed by atoms with Gasteiger partial charge in [-0.25, -0.2) is 18.1 Å². The van der Waals surface area contributed by atoms with Gasteiger partial charge in [-0.05, 0) is 30.3 Å². The maximum absolute atomic E-state index is 13.2. The molecule has 3 rings (SSSR count). The molecule has 0 bridgehead atoms. The summed E-state index contributed by atoms with van der Waals surface area (Å²) in [5, 5.41) is 3.65. The highest BCUT2D eigenvalue weighted by Crippen LogP contribution is 2.33. The fourth-order valence-corrected chi connectivity index (χ4v) is 3.11. The standard InChI is InChI=1S/C18H17F3N4O2S/c1-24(2)13-6-4-12(5-7-13)15-10-16(18(19,20)21)23-25(15)17-9-8-14(11-22-17)28(3,26)27/h4-11H,1-3H3. The van der Waals surface area contributed by atoms with Gasteiger partial charge in [0.05, 0.1) is 10.6 Å². The van der Waals surface area contributed by atoms with Crippen LogP contribution in [0.25, 0.3) is 17.1 Å². The Hall–Kier alpha value is -2.88. The summed E-state index contributed by atoms with van der Waals surface area (Å²) in [6.45, 7) is 0. The second kappa shape index (κ2) is 6.93. The van der Waals surface area contributed by atoms with Crippen molar-refractivity contribution in [3.8, 4) is 17.1 Å². The number of nitrogens with zero attached hydrogens (tertiary/aromatic N) is 4. The number of aromatic nitrogens is 3. The average molecular weight is 410 g/mol. The predicted molar refractivity (Wildman–Crippen MR) is 99.2 cm³/mol. The normalized spacial score (nSPS) is 12.2. The summed E-state index contributed by atoms with van der Waals surface area (Å²) in [5.41, 5.74) is 0.537. The lowest BCUT2D eigenvalue weighted by Gasteiger charge is -2.13. The number of alkyl halides is 3. The third-order valence-electron chi connectivity index (χ3n) is 4.05. The molecule has 6 nitrogen and oxygen atoms in total. The molecule has 0 atom stereocenters. The summed E-state index contributed by atoms with van der Waals surface area (Å²) in [5.74, 6) is 0.0783. The van der Waals surface area contributed by atoms with Crippen molar-refractivity contribution in [2.75, 3.05) is 25.3 Å². The van der Waals surface area contributed by atoms with Gasteiger partial charge in [-0.15, -0.1) is 0 Å². The Bertz CT molecular complexity index is 1090. The maximum atomic E-state index is 13.2. The van der Waals surface area contributed by atoms with Gasteiger partial charge in [-0.2, -0.15) is 18.3 Å². The van der Waals surface area contributed by atoms with Crippen molar-refractivity contribution < 1.29 is 21.6 Å². The Labute approximate surface area is 160 Å². The minimum Gasteiger partial charge on any atom is -0.378 e. The van der Waals surface area contributed by atoms with Crippen molar-refractivity contribution in [1.29, 1.82) is 0 Å². The molecule has 0 unspecified atom stereocenters.